The summed E-state index contributed by atoms with van der Waals surface area (Å²) in [6, 6.07) is 14.2. The molecular formula is C26H32N6O4. The van der Waals surface area contributed by atoms with Crippen LogP contribution >= 0.6 is 0 Å². The zero-order valence-electron chi connectivity index (χ0n) is 20.7. The number of hydrogen-bond donors (Lipinski definition) is 3. The molecule has 0 spiro atoms. The third-order valence-corrected chi connectivity index (χ3v) is 6.85. The minimum atomic E-state index is -0.0272. The van der Waals surface area contributed by atoms with Crippen molar-refractivity contribution in [2.45, 2.75) is 44.1 Å². The van der Waals surface area contributed by atoms with Crippen LogP contribution in [0.15, 0.2) is 60.0 Å². The summed E-state index contributed by atoms with van der Waals surface area (Å²) in [5.74, 6) is 2.99. The second kappa shape index (κ2) is 10.4. The summed E-state index contributed by atoms with van der Waals surface area (Å²) in [7, 11) is 4.87. The Morgan fingerprint density at radius 3 is 2.61 bits per heavy atom. The Morgan fingerprint density at radius 1 is 1.06 bits per heavy atom. The monoisotopic (exact) mass is 492 g/mol. The van der Waals surface area contributed by atoms with Crippen LogP contribution in [0, 0.1) is 0 Å². The van der Waals surface area contributed by atoms with E-state index >= 15 is 0 Å². The summed E-state index contributed by atoms with van der Waals surface area (Å²) in [6.07, 6.45) is 5.92. The number of ether oxygens (including phenoxy) is 3. The van der Waals surface area contributed by atoms with Crippen LogP contribution in [0.1, 0.15) is 36.4 Å². The predicted octanol–water partition coefficient (Wildman–Crippen LogP) is 2.46. The minimum Gasteiger partial charge on any atom is -0.497 e. The van der Waals surface area contributed by atoms with Crippen molar-refractivity contribution in [3.63, 3.8) is 0 Å². The van der Waals surface area contributed by atoms with Crippen molar-refractivity contribution in [1.82, 2.24) is 26.1 Å². The largest absolute Gasteiger partial charge is 0.497 e. The molecule has 3 N–H and O–H groups in total. The van der Waals surface area contributed by atoms with Gasteiger partial charge in [0.2, 0.25) is 5.91 Å². The first-order valence-corrected chi connectivity index (χ1v) is 12.0. The minimum absolute atomic E-state index is 0.0237. The van der Waals surface area contributed by atoms with Gasteiger partial charge in [0.1, 0.15) is 17.8 Å². The third-order valence-electron chi connectivity index (χ3n) is 6.85. The Balaban J connectivity index is 1.12. The topological polar surface area (TPSA) is 99.7 Å². The molecule has 0 saturated carbocycles. The number of benzene rings is 2. The Labute approximate surface area is 210 Å². The van der Waals surface area contributed by atoms with Gasteiger partial charge in [-0.25, -0.2) is 5.43 Å². The van der Waals surface area contributed by atoms with E-state index in [0.29, 0.717) is 30.9 Å². The molecule has 3 aliphatic heterocycles. The number of nitrogens with one attached hydrogen (secondary N) is 3. The van der Waals surface area contributed by atoms with Crippen LogP contribution in [0.3, 0.4) is 0 Å². The highest BCUT2D eigenvalue weighted by Gasteiger charge is 2.44. The smallest absolute Gasteiger partial charge is 0.220 e. The number of carbonyl (C=O) groups excluding carboxylic acids is 1. The Bertz CT molecular complexity index is 1150. The number of hydrazine groups is 1. The number of carbonyl (C=O) groups is 1. The molecule has 1 amide bonds. The molecule has 0 aliphatic carbocycles. The van der Waals surface area contributed by atoms with Crippen molar-refractivity contribution in [3.8, 4) is 17.2 Å². The second-order valence-corrected chi connectivity index (χ2v) is 8.94. The van der Waals surface area contributed by atoms with E-state index in [4.69, 9.17) is 14.2 Å². The molecule has 1 fully saturated rings. The number of nitrogens with zero attached hydrogens (tertiary/aromatic N) is 3. The van der Waals surface area contributed by atoms with Gasteiger partial charge in [-0.1, -0.05) is 18.2 Å². The summed E-state index contributed by atoms with van der Waals surface area (Å²) >= 11 is 0. The van der Waals surface area contributed by atoms with E-state index in [1.54, 1.807) is 21.3 Å². The number of methoxy groups -OCH3 is 3. The molecule has 5 rings (SSSR count). The van der Waals surface area contributed by atoms with Crippen molar-refractivity contribution in [1.29, 1.82) is 0 Å². The number of fused-ring (bicyclic) bond motifs is 3. The third kappa shape index (κ3) is 4.76. The SMILES string of the molecule is COc1ccc(C2CC3C4NN=C(CCC(=O)NCc5ccc(OC)c(OC)c5)N4C=CN3N2)cc1. The molecule has 10 nitrogen and oxygen atoms in total. The van der Waals surface area contributed by atoms with E-state index in [2.05, 4.69) is 43.3 Å². The number of hydrazone groups is 1. The quantitative estimate of drug-likeness (QED) is 0.491. The number of rotatable bonds is 9. The van der Waals surface area contributed by atoms with Crippen LogP contribution in [0.2, 0.25) is 0 Å². The van der Waals surface area contributed by atoms with E-state index in [0.717, 1.165) is 23.6 Å². The van der Waals surface area contributed by atoms with E-state index in [1.165, 1.54) is 5.56 Å². The van der Waals surface area contributed by atoms with Gasteiger partial charge >= 0.3 is 0 Å². The van der Waals surface area contributed by atoms with Crippen LogP contribution < -0.4 is 30.4 Å². The Morgan fingerprint density at radius 2 is 1.86 bits per heavy atom. The summed E-state index contributed by atoms with van der Waals surface area (Å²) in [6.45, 7) is 0.422. The highest BCUT2D eigenvalue weighted by atomic mass is 16.5. The first kappa shape index (κ1) is 23.8. The lowest BCUT2D eigenvalue weighted by Gasteiger charge is -2.37. The van der Waals surface area contributed by atoms with Crippen molar-refractivity contribution >= 4 is 11.7 Å². The number of amidine groups is 1. The lowest BCUT2D eigenvalue weighted by atomic mass is 9.99. The fourth-order valence-corrected chi connectivity index (χ4v) is 4.87. The standard InChI is InChI=1S/C26H32N6O4/c1-34-19-7-5-18(6-8-19)20-15-21-26-29-28-24(31(26)12-13-32(21)30-20)10-11-25(33)27-16-17-4-9-22(35-2)23(14-17)36-3/h4-9,12-14,20-21,26,29-30H,10-11,15-16H2,1-3H3,(H,27,33). The highest BCUT2D eigenvalue weighted by Crippen LogP contribution is 2.34. The molecule has 0 aromatic heterocycles. The molecule has 0 bridgehead atoms. The molecule has 10 heteroatoms. The van der Waals surface area contributed by atoms with E-state index < -0.39 is 0 Å². The van der Waals surface area contributed by atoms with Crippen molar-refractivity contribution in [2.75, 3.05) is 21.3 Å². The lowest BCUT2D eigenvalue weighted by molar-refractivity contribution is -0.121. The molecule has 0 radical (unpaired) electrons. The average molecular weight is 493 g/mol. The number of amides is 1. The van der Waals surface area contributed by atoms with Crippen LogP contribution in [-0.2, 0) is 11.3 Å². The van der Waals surface area contributed by atoms with E-state index in [-0.39, 0.29) is 24.2 Å². The van der Waals surface area contributed by atoms with Crippen LogP contribution in [0.5, 0.6) is 17.2 Å². The molecule has 3 aliphatic rings. The van der Waals surface area contributed by atoms with Gasteiger partial charge in [0, 0.05) is 31.8 Å². The maximum Gasteiger partial charge on any atom is 0.220 e. The highest BCUT2D eigenvalue weighted by molar-refractivity contribution is 5.89. The summed E-state index contributed by atoms with van der Waals surface area (Å²) in [5, 5.41) is 9.68. The normalized spacial score (nSPS) is 21.9. The average Bonchev–Trinajstić information content (AvgIpc) is 3.54. The first-order chi connectivity index (χ1) is 17.6. The Hall–Kier alpha value is -3.92. The molecular weight excluding hydrogens is 460 g/mol. The molecule has 2 aromatic rings. The van der Waals surface area contributed by atoms with Gasteiger partial charge < -0.3 is 29.4 Å². The van der Waals surface area contributed by atoms with E-state index in [9.17, 15) is 4.79 Å². The van der Waals surface area contributed by atoms with Gasteiger partial charge in [-0.05, 0) is 41.8 Å². The molecule has 190 valence electrons. The second-order valence-electron chi connectivity index (χ2n) is 8.94. The zero-order chi connectivity index (χ0) is 25.1. The van der Waals surface area contributed by atoms with Gasteiger partial charge in [0.15, 0.2) is 11.5 Å². The van der Waals surface area contributed by atoms with Crippen LogP contribution in [0.25, 0.3) is 0 Å². The molecule has 1 saturated heterocycles. The van der Waals surface area contributed by atoms with Crippen molar-refractivity contribution < 1.29 is 19.0 Å². The molecule has 3 heterocycles. The van der Waals surface area contributed by atoms with Gasteiger partial charge in [-0.2, -0.15) is 5.10 Å². The maximum absolute atomic E-state index is 12.5. The van der Waals surface area contributed by atoms with E-state index in [1.807, 2.05) is 42.7 Å². The summed E-state index contributed by atoms with van der Waals surface area (Å²) in [5.41, 5.74) is 9.02. The molecule has 36 heavy (non-hydrogen) atoms. The first-order valence-electron chi connectivity index (χ1n) is 12.0. The lowest BCUT2D eigenvalue weighted by Crippen LogP contribution is -2.54. The maximum atomic E-state index is 12.5. The molecule has 3 atom stereocenters. The fourth-order valence-electron chi connectivity index (χ4n) is 4.87. The van der Waals surface area contributed by atoms with Gasteiger partial charge in [-0.3, -0.25) is 10.2 Å². The predicted molar refractivity (Wildman–Crippen MR) is 135 cm³/mol. The van der Waals surface area contributed by atoms with Crippen LogP contribution in [0.4, 0.5) is 0 Å². The van der Waals surface area contributed by atoms with Gasteiger partial charge in [-0.15, -0.1) is 0 Å². The van der Waals surface area contributed by atoms with Crippen LogP contribution in [-0.4, -0.2) is 55.2 Å². The van der Waals surface area contributed by atoms with Gasteiger partial charge in [0.25, 0.3) is 0 Å². The van der Waals surface area contributed by atoms with Crippen molar-refractivity contribution in [3.05, 3.63) is 66.0 Å². The zero-order valence-corrected chi connectivity index (χ0v) is 20.7. The van der Waals surface area contributed by atoms with Crippen molar-refractivity contribution in [2.24, 2.45) is 5.10 Å². The summed E-state index contributed by atoms with van der Waals surface area (Å²) in [4.78, 5) is 14.7. The fraction of sp³-hybridized carbons (Fsp3) is 0.385. The Kier molecular flexibility index (Phi) is 6.86. The van der Waals surface area contributed by atoms with Gasteiger partial charge in [0.05, 0.1) is 33.4 Å². The molecule has 3 unspecified atom stereocenters. The number of hydrogen-bond acceptors (Lipinski definition) is 9. The molecule has 2 aromatic carbocycles. The summed E-state index contributed by atoms with van der Waals surface area (Å²) < 4.78 is 15.9.